The number of likely N-dealkylation sites (tertiary alicyclic amines) is 2. The molecular formula is C18H34N4O2. The maximum atomic E-state index is 11.8. The highest BCUT2D eigenvalue weighted by molar-refractivity contribution is 5.68. The number of amides is 1. The molecule has 0 spiro atoms. The highest BCUT2D eigenvalue weighted by Crippen LogP contribution is 2.26. The van der Waals surface area contributed by atoms with Crippen LogP contribution < -0.4 is 10.6 Å². The van der Waals surface area contributed by atoms with Gasteiger partial charge in [-0.05, 0) is 65.6 Å². The molecule has 0 bridgehead atoms. The molecule has 24 heavy (non-hydrogen) atoms. The zero-order valence-electron chi connectivity index (χ0n) is 15.7. The fraction of sp³-hybridized carbons (Fsp3) is 0.944. The molecular weight excluding hydrogens is 304 g/mol. The Morgan fingerprint density at radius 1 is 0.958 bits per heavy atom. The van der Waals surface area contributed by atoms with Crippen LogP contribution in [0, 0.1) is 11.8 Å². The van der Waals surface area contributed by atoms with Crippen LogP contribution in [0.25, 0.3) is 0 Å². The van der Waals surface area contributed by atoms with Crippen molar-refractivity contribution in [1.82, 2.24) is 20.4 Å². The zero-order chi connectivity index (χ0) is 17.3. The van der Waals surface area contributed by atoms with Crippen LogP contribution in [0.2, 0.25) is 0 Å². The summed E-state index contributed by atoms with van der Waals surface area (Å²) in [4.78, 5) is 16.0. The first-order valence-electron chi connectivity index (χ1n) is 9.45. The smallest absolute Gasteiger partial charge is 0.410 e. The molecule has 4 fully saturated rings. The lowest BCUT2D eigenvalue weighted by Crippen LogP contribution is -2.37. The number of nitrogens with one attached hydrogen (secondary N) is 2. The number of carbonyl (C=O) groups excluding carboxylic acids is 1. The molecule has 0 unspecified atom stereocenters. The number of likely N-dealkylation sites (N-methyl/N-ethyl adjacent to an activating group) is 1. The number of carbonyl (C=O) groups is 1. The van der Waals surface area contributed by atoms with Crippen molar-refractivity contribution in [2.24, 2.45) is 11.8 Å². The van der Waals surface area contributed by atoms with Crippen molar-refractivity contribution < 1.29 is 9.53 Å². The summed E-state index contributed by atoms with van der Waals surface area (Å²) in [7, 11) is 2.21. The Morgan fingerprint density at radius 3 is 2.08 bits per heavy atom. The molecule has 0 aromatic rings. The second-order valence-corrected chi connectivity index (χ2v) is 8.83. The summed E-state index contributed by atoms with van der Waals surface area (Å²) < 4.78 is 5.35. The fourth-order valence-corrected chi connectivity index (χ4v) is 4.39. The van der Waals surface area contributed by atoms with Crippen LogP contribution in [0.15, 0.2) is 0 Å². The Morgan fingerprint density at radius 2 is 1.54 bits per heavy atom. The monoisotopic (exact) mass is 338 g/mol. The predicted molar refractivity (Wildman–Crippen MR) is 95.1 cm³/mol. The van der Waals surface area contributed by atoms with Gasteiger partial charge in [0.05, 0.1) is 0 Å². The lowest BCUT2D eigenvalue weighted by atomic mass is 10.1. The van der Waals surface area contributed by atoms with Crippen molar-refractivity contribution >= 4 is 6.09 Å². The molecule has 2 N–H and O–H groups in total. The quantitative estimate of drug-likeness (QED) is 0.693. The van der Waals surface area contributed by atoms with E-state index < -0.39 is 0 Å². The minimum absolute atomic E-state index is 0.168. The van der Waals surface area contributed by atoms with Gasteiger partial charge < -0.3 is 25.2 Å². The number of nitrogens with zero attached hydrogens (tertiary/aromatic N) is 2. The van der Waals surface area contributed by atoms with Gasteiger partial charge in [0, 0.05) is 38.3 Å². The van der Waals surface area contributed by atoms with E-state index >= 15 is 0 Å². The lowest BCUT2D eigenvalue weighted by Gasteiger charge is -2.24. The zero-order valence-corrected chi connectivity index (χ0v) is 15.7. The van der Waals surface area contributed by atoms with Crippen molar-refractivity contribution in [3.63, 3.8) is 0 Å². The Kier molecular flexibility index (Phi) is 5.37. The van der Waals surface area contributed by atoms with Gasteiger partial charge in [-0.3, -0.25) is 0 Å². The molecule has 0 aliphatic carbocycles. The van der Waals surface area contributed by atoms with Crippen molar-refractivity contribution in [3.8, 4) is 0 Å². The van der Waals surface area contributed by atoms with Gasteiger partial charge in [0.1, 0.15) is 5.60 Å². The van der Waals surface area contributed by atoms with Crippen LogP contribution in [-0.2, 0) is 4.74 Å². The van der Waals surface area contributed by atoms with E-state index in [4.69, 9.17) is 4.74 Å². The van der Waals surface area contributed by atoms with Gasteiger partial charge in [-0.15, -0.1) is 0 Å². The largest absolute Gasteiger partial charge is 0.444 e. The summed E-state index contributed by atoms with van der Waals surface area (Å²) in [6, 6.07) is 1.33. The first-order valence-corrected chi connectivity index (χ1v) is 9.45. The average molecular weight is 338 g/mol. The summed E-state index contributed by atoms with van der Waals surface area (Å²) in [6.45, 7) is 12.3. The molecule has 138 valence electrons. The lowest BCUT2D eigenvalue weighted by molar-refractivity contribution is 0.0283. The molecule has 0 saturated carbocycles. The van der Waals surface area contributed by atoms with E-state index in [-0.39, 0.29) is 11.7 Å². The van der Waals surface area contributed by atoms with Crippen molar-refractivity contribution in [2.45, 2.75) is 51.3 Å². The van der Waals surface area contributed by atoms with E-state index in [0.29, 0.717) is 12.0 Å². The summed E-state index contributed by atoms with van der Waals surface area (Å²) >= 11 is 0. The number of hydrogen-bond acceptors (Lipinski definition) is 5. The van der Waals surface area contributed by atoms with Crippen molar-refractivity contribution in [3.05, 3.63) is 0 Å². The van der Waals surface area contributed by atoms with Crippen LogP contribution >= 0.6 is 0 Å². The SMILES string of the molecule is CC(C)(C)OC(=O)N1C[C@@H]2CCN[C@@H]2C1.CN1C[C@@H]2CCN[C@@H]2C1. The molecule has 0 aromatic carbocycles. The van der Waals surface area contributed by atoms with E-state index in [1.807, 2.05) is 25.7 Å². The molecule has 1 amide bonds. The van der Waals surface area contributed by atoms with Crippen LogP contribution in [0.3, 0.4) is 0 Å². The van der Waals surface area contributed by atoms with Crippen LogP contribution in [-0.4, -0.2) is 79.9 Å². The van der Waals surface area contributed by atoms with Gasteiger partial charge >= 0.3 is 6.09 Å². The van der Waals surface area contributed by atoms with E-state index in [9.17, 15) is 4.79 Å². The Bertz CT molecular complexity index is 427. The van der Waals surface area contributed by atoms with Gasteiger partial charge in [-0.1, -0.05) is 0 Å². The predicted octanol–water partition coefficient (Wildman–Crippen LogP) is 1.13. The van der Waals surface area contributed by atoms with Gasteiger partial charge in [0.2, 0.25) is 0 Å². The summed E-state index contributed by atoms with van der Waals surface area (Å²) in [5, 5.41) is 6.92. The highest BCUT2D eigenvalue weighted by atomic mass is 16.6. The molecule has 4 heterocycles. The topological polar surface area (TPSA) is 56.8 Å². The molecule has 6 nitrogen and oxygen atoms in total. The second kappa shape index (κ2) is 7.18. The standard InChI is InChI=1S/C11H20N2O2.C7H14N2/c1-11(2,3)15-10(14)13-6-8-4-5-12-9(8)7-13;1-9-4-6-2-3-8-7(6)5-9/h8-9,12H,4-7H2,1-3H3;6-8H,2-5H2,1H3/t8-,9+;6-,7+/m00/s1. The molecule has 4 saturated heterocycles. The third-order valence-electron chi connectivity index (χ3n) is 5.56. The molecule has 6 heteroatoms. The van der Waals surface area contributed by atoms with Crippen molar-refractivity contribution in [2.75, 3.05) is 46.3 Å². The normalized spacial score (nSPS) is 35.4. The number of fused-ring (bicyclic) bond motifs is 2. The summed E-state index contributed by atoms with van der Waals surface area (Å²) in [6.07, 6.45) is 2.41. The summed E-state index contributed by atoms with van der Waals surface area (Å²) in [5.74, 6) is 1.60. The number of hydrogen-bond donors (Lipinski definition) is 2. The van der Waals surface area contributed by atoms with Crippen molar-refractivity contribution in [1.29, 1.82) is 0 Å². The van der Waals surface area contributed by atoms with Crippen LogP contribution in [0.1, 0.15) is 33.6 Å². The first kappa shape index (κ1) is 18.0. The molecule has 0 radical (unpaired) electrons. The summed E-state index contributed by atoms with van der Waals surface area (Å²) in [5.41, 5.74) is -0.387. The van der Waals surface area contributed by atoms with Gasteiger partial charge in [0.25, 0.3) is 0 Å². The molecule has 4 aliphatic heterocycles. The van der Waals surface area contributed by atoms with E-state index in [1.54, 1.807) is 0 Å². The third kappa shape index (κ3) is 4.41. The first-order chi connectivity index (χ1) is 11.3. The van der Waals surface area contributed by atoms with Gasteiger partial charge in [-0.2, -0.15) is 0 Å². The molecule has 4 rings (SSSR count). The second-order valence-electron chi connectivity index (χ2n) is 8.83. The molecule has 4 aliphatic rings. The van der Waals surface area contributed by atoms with E-state index in [1.165, 1.54) is 32.5 Å². The molecule has 0 aromatic heterocycles. The maximum absolute atomic E-state index is 11.8. The van der Waals surface area contributed by atoms with E-state index in [0.717, 1.165) is 31.6 Å². The Balaban J connectivity index is 0.000000159. The van der Waals surface area contributed by atoms with E-state index in [2.05, 4.69) is 22.6 Å². The molecule has 4 atom stereocenters. The maximum Gasteiger partial charge on any atom is 0.410 e. The minimum atomic E-state index is -0.387. The Hall–Kier alpha value is -0.850. The Labute approximate surface area is 146 Å². The van der Waals surface area contributed by atoms with Gasteiger partial charge in [0.15, 0.2) is 0 Å². The number of rotatable bonds is 0. The minimum Gasteiger partial charge on any atom is -0.444 e. The fourth-order valence-electron chi connectivity index (χ4n) is 4.39. The van der Waals surface area contributed by atoms with Crippen LogP contribution in [0.4, 0.5) is 4.79 Å². The average Bonchev–Trinajstić information content (AvgIpc) is 3.14. The number of ether oxygens (including phenoxy) is 1. The third-order valence-corrected chi connectivity index (χ3v) is 5.56. The highest BCUT2D eigenvalue weighted by Gasteiger charge is 2.39. The van der Waals surface area contributed by atoms with Gasteiger partial charge in [-0.25, -0.2) is 4.79 Å². The van der Waals surface area contributed by atoms with Crippen LogP contribution in [0.5, 0.6) is 0 Å².